The van der Waals surface area contributed by atoms with Gasteiger partial charge in [-0.2, -0.15) is 11.8 Å². The molecule has 0 spiro atoms. The summed E-state index contributed by atoms with van der Waals surface area (Å²) in [6.07, 6.45) is 3.88. The Morgan fingerprint density at radius 3 is 2.50 bits per heavy atom. The van der Waals surface area contributed by atoms with Crippen LogP contribution in [0.5, 0.6) is 0 Å². The van der Waals surface area contributed by atoms with Gasteiger partial charge in [0, 0.05) is 11.0 Å². The minimum atomic E-state index is 0.493. The average molecular weight is 182 g/mol. The van der Waals surface area contributed by atoms with Gasteiger partial charge in [-0.1, -0.05) is 32.4 Å². The van der Waals surface area contributed by atoms with Crippen molar-refractivity contribution in [3.63, 3.8) is 0 Å². The van der Waals surface area contributed by atoms with E-state index in [-0.39, 0.29) is 0 Å². The summed E-state index contributed by atoms with van der Waals surface area (Å²) in [7, 11) is 0. The Hall–Kier alpha value is 0.0900. The van der Waals surface area contributed by atoms with Crippen LogP contribution in [0.15, 0.2) is 11.6 Å². The number of rotatable bonds is 0. The second-order valence-corrected chi connectivity index (χ2v) is 6.49. The zero-order valence-corrected chi connectivity index (χ0v) is 9.29. The molecule has 2 heterocycles. The Morgan fingerprint density at radius 1 is 1.42 bits per heavy atom. The third kappa shape index (κ3) is 1.14. The van der Waals surface area contributed by atoms with Crippen LogP contribution in [-0.4, -0.2) is 11.0 Å². The smallest absolute Gasteiger partial charge is 0.0305 e. The number of fused-ring (bicyclic) bond motifs is 2. The molecule has 1 aliphatic carbocycles. The average Bonchev–Trinajstić information content (AvgIpc) is 1.80. The molecule has 0 radical (unpaired) electrons. The number of hydrogen-bond acceptors (Lipinski definition) is 1. The molecule has 0 nitrogen and oxygen atoms in total. The molecule has 2 unspecified atom stereocenters. The zero-order valence-electron chi connectivity index (χ0n) is 8.48. The quantitative estimate of drug-likeness (QED) is 0.517. The van der Waals surface area contributed by atoms with Gasteiger partial charge in [-0.3, -0.25) is 0 Å². The van der Waals surface area contributed by atoms with Crippen molar-refractivity contribution >= 4 is 11.8 Å². The molecule has 0 amide bonds. The molecule has 0 aromatic rings. The lowest BCUT2D eigenvalue weighted by Crippen LogP contribution is -2.44. The molecule has 3 rings (SSSR count). The lowest BCUT2D eigenvalue weighted by Gasteiger charge is -2.51. The first-order valence-corrected chi connectivity index (χ1v) is 5.79. The predicted molar refractivity (Wildman–Crippen MR) is 56.5 cm³/mol. The van der Waals surface area contributed by atoms with Gasteiger partial charge in [-0.15, -0.1) is 0 Å². The first-order chi connectivity index (χ1) is 5.43. The van der Waals surface area contributed by atoms with E-state index in [9.17, 15) is 0 Å². The molecule has 2 bridgehead atoms. The van der Waals surface area contributed by atoms with Crippen LogP contribution >= 0.6 is 11.8 Å². The predicted octanol–water partition coefficient (Wildman–Crippen LogP) is 3.48. The standard InChI is InChI=1S/C11H18S/c1-8-5-11(4)6-10(2,3)9(8)12-7-11/h5,9H,6-7H2,1-4H3. The Balaban J connectivity index is 2.42. The van der Waals surface area contributed by atoms with Gasteiger partial charge in [0.2, 0.25) is 0 Å². The molecule has 1 saturated heterocycles. The van der Waals surface area contributed by atoms with Crippen LogP contribution in [-0.2, 0) is 0 Å². The second kappa shape index (κ2) is 2.31. The fourth-order valence-electron chi connectivity index (χ4n) is 3.15. The molecule has 2 aliphatic heterocycles. The summed E-state index contributed by atoms with van der Waals surface area (Å²) in [5, 5.41) is 0.791. The summed E-state index contributed by atoms with van der Waals surface area (Å²) >= 11 is 2.16. The summed E-state index contributed by atoms with van der Waals surface area (Å²) in [5.74, 6) is 1.33. The summed E-state index contributed by atoms with van der Waals surface area (Å²) in [6.45, 7) is 9.54. The first-order valence-electron chi connectivity index (χ1n) is 4.74. The molecule has 3 aliphatic rings. The van der Waals surface area contributed by atoms with Crippen molar-refractivity contribution < 1.29 is 0 Å². The summed E-state index contributed by atoms with van der Waals surface area (Å²) in [6, 6.07) is 0. The third-order valence-electron chi connectivity index (χ3n) is 3.14. The van der Waals surface area contributed by atoms with E-state index in [1.54, 1.807) is 5.57 Å². The Bertz CT molecular complexity index is 239. The SMILES string of the molecule is CC1=CC2(C)CSC1C(C)(C)C2. The molecule has 2 atom stereocenters. The van der Waals surface area contributed by atoms with Crippen molar-refractivity contribution in [2.24, 2.45) is 10.8 Å². The Labute approximate surface area is 79.8 Å². The molecule has 68 valence electrons. The van der Waals surface area contributed by atoms with E-state index in [1.165, 1.54) is 12.2 Å². The van der Waals surface area contributed by atoms with E-state index in [1.807, 2.05) is 0 Å². The molecule has 0 aromatic carbocycles. The fraction of sp³-hybridized carbons (Fsp3) is 0.818. The minimum absolute atomic E-state index is 0.493. The van der Waals surface area contributed by atoms with Gasteiger partial charge in [0.25, 0.3) is 0 Å². The molecule has 0 aromatic heterocycles. The Kier molecular flexibility index (Phi) is 1.67. The van der Waals surface area contributed by atoms with E-state index in [0.717, 1.165) is 5.25 Å². The van der Waals surface area contributed by atoms with Crippen molar-refractivity contribution in [2.75, 3.05) is 5.75 Å². The third-order valence-corrected chi connectivity index (χ3v) is 5.31. The van der Waals surface area contributed by atoms with Gasteiger partial charge in [0.05, 0.1) is 0 Å². The van der Waals surface area contributed by atoms with E-state index >= 15 is 0 Å². The van der Waals surface area contributed by atoms with Crippen LogP contribution in [0.25, 0.3) is 0 Å². The maximum atomic E-state index is 2.51. The molecular weight excluding hydrogens is 164 g/mol. The van der Waals surface area contributed by atoms with E-state index < -0.39 is 0 Å². The van der Waals surface area contributed by atoms with Crippen LogP contribution < -0.4 is 0 Å². The number of hydrogen-bond donors (Lipinski definition) is 0. The van der Waals surface area contributed by atoms with Crippen LogP contribution in [0.2, 0.25) is 0 Å². The highest BCUT2D eigenvalue weighted by atomic mass is 32.2. The minimum Gasteiger partial charge on any atom is -0.153 e. The van der Waals surface area contributed by atoms with E-state index in [2.05, 4.69) is 45.5 Å². The molecule has 0 saturated carbocycles. The van der Waals surface area contributed by atoms with Crippen LogP contribution in [0.3, 0.4) is 0 Å². The summed E-state index contributed by atoms with van der Waals surface area (Å²) in [4.78, 5) is 0. The topological polar surface area (TPSA) is 0 Å². The number of thioether (sulfide) groups is 1. The van der Waals surface area contributed by atoms with Gasteiger partial charge >= 0.3 is 0 Å². The highest BCUT2D eigenvalue weighted by Gasteiger charge is 2.46. The Morgan fingerprint density at radius 2 is 2.08 bits per heavy atom. The van der Waals surface area contributed by atoms with Crippen molar-refractivity contribution in [3.05, 3.63) is 11.6 Å². The molecule has 1 fully saturated rings. The molecule has 0 N–H and O–H groups in total. The lowest BCUT2D eigenvalue weighted by molar-refractivity contribution is 0.212. The first kappa shape index (κ1) is 8.68. The van der Waals surface area contributed by atoms with Gasteiger partial charge < -0.3 is 0 Å². The zero-order chi connectivity index (χ0) is 8.98. The van der Waals surface area contributed by atoms with Gasteiger partial charge in [-0.05, 0) is 24.2 Å². The van der Waals surface area contributed by atoms with E-state index in [4.69, 9.17) is 0 Å². The summed E-state index contributed by atoms with van der Waals surface area (Å²) < 4.78 is 0. The van der Waals surface area contributed by atoms with Crippen molar-refractivity contribution in [3.8, 4) is 0 Å². The highest BCUT2D eigenvalue weighted by Crippen LogP contribution is 2.56. The second-order valence-electron chi connectivity index (χ2n) is 5.40. The maximum absolute atomic E-state index is 2.51. The lowest BCUT2D eigenvalue weighted by atomic mass is 9.66. The normalized spacial score (nSPS) is 44.3. The van der Waals surface area contributed by atoms with Crippen LogP contribution in [0, 0.1) is 10.8 Å². The van der Waals surface area contributed by atoms with Gasteiger partial charge in [0.15, 0.2) is 0 Å². The molecular formula is C11H18S. The fourth-order valence-corrected chi connectivity index (χ4v) is 4.75. The largest absolute Gasteiger partial charge is 0.153 e. The van der Waals surface area contributed by atoms with Crippen molar-refractivity contribution in [1.82, 2.24) is 0 Å². The monoisotopic (exact) mass is 182 g/mol. The van der Waals surface area contributed by atoms with E-state index in [0.29, 0.717) is 10.8 Å². The maximum Gasteiger partial charge on any atom is 0.0305 e. The molecule has 12 heavy (non-hydrogen) atoms. The highest BCUT2D eigenvalue weighted by molar-refractivity contribution is 8.00. The van der Waals surface area contributed by atoms with Gasteiger partial charge in [-0.25, -0.2) is 0 Å². The van der Waals surface area contributed by atoms with Crippen molar-refractivity contribution in [2.45, 2.75) is 39.4 Å². The number of allylic oxidation sites excluding steroid dienone is 1. The summed E-state index contributed by atoms with van der Waals surface area (Å²) in [5.41, 5.74) is 2.63. The van der Waals surface area contributed by atoms with Crippen LogP contribution in [0.4, 0.5) is 0 Å². The van der Waals surface area contributed by atoms with Gasteiger partial charge in [0.1, 0.15) is 0 Å². The van der Waals surface area contributed by atoms with Crippen LogP contribution in [0.1, 0.15) is 34.1 Å². The van der Waals surface area contributed by atoms with Crippen molar-refractivity contribution in [1.29, 1.82) is 0 Å². The molecule has 1 heteroatoms.